The van der Waals surface area contributed by atoms with E-state index in [0.29, 0.717) is 65.1 Å². The highest BCUT2D eigenvalue weighted by atomic mass is 16.6. The molecule has 17 unspecified atom stereocenters. The van der Waals surface area contributed by atoms with Crippen molar-refractivity contribution in [3.63, 3.8) is 0 Å². The molecule has 17 atom stereocenters. The van der Waals surface area contributed by atoms with E-state index in [4.69, 9.17) is 28.4 Å². The maximum Gasteiger partial charge on any atom is 0.311 e. The third-order valence-corrected chi connectivity index (χ3v) is 29.8. The highest BCUT2D eigenvalue weighted by Gasteiger charge is 2.68. The summed E-state index contributed by atoms with van der Waals surface area (Å²) in [6.07, 6.45) is 31.7. The van der Waals surface area contributed by atoms with Gasteiger partial charge in [0.1, 0.15) is 35.1 Å². The van der Waals surface area contributed by atoms with Crippen LogP contribution in [-0.4, -0.2) is 70.9 Å². The van der Waals surface area contributed by atoms with Crippen LogP contribution in [0, 0.1) is 141 Å². The van der Waals surface area contributed by atoms with Crippen molar-refractivity contribution in [1.29, 1.82) is 0 Å². The Bertz CT molecular complexity index is 2570. The quantitative estimate of drug-likeness (QED) is 0.0772. The summed E-state index contributed by atoms with van der Waals surface area (Å²) >= 11 is 0. The predicted octanol–water partition coefficient (Wildman–Crippen LogP) is 19.6. The fourth-order valence-electron chi connectivity index (χ4n) is 24.1. The van der Waals surface area contributed by atoms with E-state index in [0.717, 1.165) is 126 Å². The van der Waals surface area contributed by atoms with Gasteiger partial charge in [-0.1, -0.05) is 86.1 Å². The third kappa shape index (κ3) is 13.8. The van der Waals surface area contributed by atoms with Gasteiger partial charge in [-0.05, 0) is 316 Å². The van der Waals surface area contributed by atoms with Crippen molar-refractivity contribution in [3.05, 3.63) is 0 Å². The Hall–Kier alpha value is -3.18. The first-order valence-corrected chi connectivity index (χ1v) is 37.2. The van der Waals surface area contributed by atoms with Crippen molar-refractivity contribution >= 4 is 35.8 Å². The van der Waals surface area contributed by atoms with Gasteiger partial charge in [0.25, 0.3) is 0 Å². The van der Waals surface area contributed by atoms with E-state index >= 15 is 0 Å². The second-order valence-electron chi connectivity index (χ2n) is 35.0. The summed E-state index contributed by atoms with van der Waals surface area (Å²) in [5.74, 6) is 10.6. The maximum atomic E-state index is 13.5. The van der Waals surface area contributed by atoms with E-state index < -0.39 is 10.8 Å². The lowest BCUT2D eigenvalue weighted by Gasteiger charge is -2.60. The van der Waals surface area contributed by atoms with Crippen LogP contribution in [0.15, 0.2) is 0 Å². The fourth-order valence-corrected chi connectivity index (χ4v) is 24.1. The molecule has 0 heterocycles. The molecule has 12 nitrogen and oxygen atoms in total. The normalized spacial score (nSPS) is 43.2. The zero-order valence-electron chi connectivity index (χ0n) is 56.3. The lowest BCUT2D eigenvalue weighted by atomic mass is 9.49. The molecule has 0 aromatic rings. The highest BCUT2D eigenvalue weighted by molar-refractivity contribution is 5.78. The van der Waals surface area contributed by atoms with Crippen LogP contribution >= 0.6 is 0 Å². The average molecular weight is 1320 g/mol. The van der Waals surface area contributed by atoms with Crippen molar-refractivity contribution in [2.45, 2.75) is 342 Å². The number of esters is 6. The summed E-state index contributed by atoms with van der Waals surface area (Å²) in [7, 11) is 0. The fraction of sp³-hybridized carbons (Fsp3) is 0.927. The second kappa shape index (κ2) is 29.6. The van der Waals surface area contributed by atoms with Crippen LogP contribution in [0.1, 0.15) is 307 Å². The molecule has 17 rings (SSSR count). The van der Waals surface area contributed by atoms with Crippen LogP contribution in [-0.2, 0) is 57.2 Å². The summed E-state index contributed by atoms with van der Waals surface area (Å²) < 4.78 is 37.1. The van der Waals surface area contributed by atoms with Gasteiger partial charge in [0.2, 0.25) is 0 Å². The molecule has 0 aromatic carbocycles. The van der Waals surface area contributed by atoms with Gasteiger partial charge >= 0.3 is 35.8 Å². The van der Waals surface area contributed by atoms with Crippen molar-refractivity contribution < 1.29 is 57.2 Å². The Morgan fingerprint density at radius 3 is 1.26 bits per heavy atom. The number of hydrogen-bond donors (Lipinski definition) is 0. The lowest BCUT2D eigenvalue weighted by Crippen LogP contribution is -2.60. The minimum Gasteiger partial charge on any atom is -0.462 e. The number of ether oxygens (including phenoxy) is 6. The molecule has 16 bridgehead atoms. The topological polar surface area (TPSA) is 158 Å². The van der Waals surface area contributed by atoms with Gasteiger partial charge in [0, 0.05) is 11.8 Å². The van der Waals surface area contributed by atoms with Crippen LogP contribution in [0.5, 0.6) is 0 Å². The van der Waals surface area contributed by atoms with Crippen molar-refractivity contribution in [1.82, 2.24) is 0 Å². The molecular weight excluding hydrogens is 1180 g/mol. The summed E-state index contributed by atoms with van der Waals surface area (Å²) in [4.78, 5) is 77.7. The Morgan fingerprint density at radius 2 is 0.819 bits per heavy atom. The van der Waals surface area contributed by atoms with Crippen molar-refractivity contribution in [3.8, 4) is 0 Å². The number of carbonyl (C=O) groups is 6. The molecule has 0 saturated heterocycles. The molecule has 0 aliphatic heterocycles. The van der Waals surface area contributed by atoms with Gasteiger partial charge in [0.15, 0.2) is 0 Å². The number of fused-ring (bicyclic) bond motifs is 13. The molecule has 0 spiro atoms. The standard InChI is InChI=1S/C26H40O4.2C25H38O4.6CH4/c1-5-25(3,4)24(28)29-22-14-17-12-20(22)21(13-17)23(27)30-26(6-2)18-8-15-7-16(10-18)11-19(26)9-15;1-5-24(2,3)23(27)28-21-13-16-11-19(21)20(12-16)22(26)29-25(4)17-7-14-6-15(9-17)10-18(25)8-14;1-4-14(3)23(26)28-20-13-16-12-19(20)22-17-10-15(21(16)22)11-18(17)24(27)29-25(5-2)8-6-7-9-25;;;;;;/h15-22H,5-14H2,1-4H3;14-21H,5-13H2,1-4H3;14-22H,4-13H2,1-3H3;6*1H4. The second-order valence-corrected chi connectivity index (χ2v) is 35.0. The summed E-state index contributed by atoms with van der Waals surface area (Å²) in [6.45, 7) is 22.5. The number of hydrogen-bond acceptors (Lipinski definition) is 12. The molecule has 0 N–H and O–H groups in total. The molecule has 0 amide bonds. The Kier molecular flexibility index (Phi) is 24.6. The minimum absolute atomic E-state index is 0. The number of rotatable bonds is 17. The third-order valence-electron chi connectivity index (χ3n) is 29.8. The van der Waals surface area contributed by atoms with Gasteiger partial charge in [-0.3, -0.25) is 28.8 Å². The van der Waals surface area contributed by atoms with E-state index in [9.17, 15) is 28.8 Å². The minimum atomic E-state index is -0.454. The molecule has 17 saturated carbocycles. The molecule has 540 valence electrons. The molecule has 17 aliphatic rings. The van der Waals surface area contributed by atoms with Crippen LogP contribution in [0.3, 0.4) is 0 Å². The van der Waals surface area contributed by atoms with E-state index in [1.165, 1.54) is 89.9 Å². The van der Waals surface area contributed by atoms with Crippen LogP contribution in [0.2, 0.25) is 0 Å². The Morgan fingerprint density at radius 1 is 0.415 bits per heavy atom. The van der Waals surface area contributed by atoms with E-state index in [-0.39, 0.29) is 151 Å². The number of carbonyl (C=O) groups excluding carboxylic acids is 6. The summed E-state index contributed by atoms with van der Waals surface area (Å²) in [5, 5.41) is 0. The highest BCUT2D eigenvalue weighted by Crippen LogP contribution is 2.70. The Labute approximate surface area is 573 Å². The average Bonchev–Trinajstić information content (AvgIpc) is 1.40. The summed E-state index contributed by atoms with van der Waals surface area (Å²) in [6, 6.07) is 0. The molecule has 17 aliphatic carbocycles. The molecule has 12 heteroatoms. The SMILES string of the molecule is C.C.C.C.C.C.CCC(C)(C)C(=O)OC1CC2CC(C(=O)OC3(C)C4CC5CC(C4)CC3C5)C1C2.CCC(C)(C)C(=O)OC1CC2CC(C(=O)OC3(CC)C4CC5CC(C4)CC3C5)C1C2.CCC(C)C(=O)OC1CC2CC1C1C3CC(CC3C(=O)OC3(CC)CCCC3)C21. The maximum absolute atomic E-state index is 13.5. The van der Waals surface area contributed by atoms with E-state index in [1.807, 2.05) is 55.4 Å². The first-order chi connectivity index (χ1) is 41.9. The van der Waals surface area contributed by atoms with Gasteiger partial charge in [-0.25, -0.2) is 0 Å². The molecule has 94 heavy (non-hydrogen) atoms. The molecule has 0 radical (unpaired) electrons. The van der Waals surface area contributed by atoms with Gasteiger partial charge < -0.3 is 28.4 Å². The van der Waals surface area contributed by atoms with E-state index in [1.54, 1.807) is 0 Å². The lowest BCUT2D eigenvalue weighted by molar-refractivity contribution is -0.217. The van der Waals surface area contributed by atoms with Gasteiger partial charge in [-0.2, -0.15) is 0 Å². The largest absolute Gasteiger partial charge is 0.462 e. The first-order valence-electron chi connectivity index (χ1n) is 37.2. The van der Waals surface area contributed by atoms with Crippen LogP contribution in [0.4, 0.5) is 0 Å². The van der Waals surface area contributed by atoms with Crippen molar-refractivity contribution in [2.24, 2.45) is 141 Å². The monoisotopic (exact) mass is 1320 g/mol. The van der Waals surface area contributed by atoms with Crippen molar-refractivity contribution in [2.75, 3.05) is 0 Å². The first kappa shape index (κ1) is 78.2. The Balaban J connectivity index is 0.000000193. The molecule has 17 fully saturated rings. The van der Waals surface area contributed by atoms with Gasteiger partial charge in [0.05, 0.1) is 34.5 Å². The van der Waals surface area contributed by atoms with Crippen LogP contribution < -0.4 is 0 Å². The summed E-state index contributed by atoms with van der Waals surface area (Å²) in [5.41, 5.74) is -1.57. The zero-order valence-corrected chi connectivity index (χ0v) is 56.3. The predicted molar refractivity (Wildman–Crippen MR) is 374 cm³/mol. The van der Waals surface area contributed by atoms with Gasteiger partial charge in [-0.15, -0.1) is 0 Å². The smallest absolute Gasteiger partial charge is 0.311 e. The zero-order chi connectivity index (χ0) is 62.1. The molecule has 0 aromatic heterocycles. The molecular formula is C82H140O12. The van der Waals surface area contributed by atoms with Crippen LogP contribution in [0.25, 0.3) is 0 Å². The van der Waals surface area contributed by atoms with E-state index in [2.05, 4.69) is 20.8 Å².